The predicted molar refractivity (Wildman–Crippen MR) is 430 cm³/mol. The first-order valence-electron chi connectivity index (χ1n) is 38.9. The van der Waals surface area contributed by atoms with Gasteiger partial charge in [0.25, 0.3) is 52.8 Å². The second-order valence-electron chi connectivity index (χ2n) is 28.7. The highest BCUT2D eigenvalue weighted by Crippen LogP contribution is 2.67. The summed E-state index contributed by atoms with van der Waals surface area (Å²) in [6.45, 7) is -0.992. The maximum absolute atomic E-state index is 14.7. The number of imidazole rings is 1. The molecule has 0 saturated carbocycles. The first kappa shape index (κ1) is 93.4. The molecular formula is C73H98N19O27P3. The number of hydrogen-bond donors (Lipinski definition) is 21. The molecule has 122 heavy (non-hydrogen) atoms. The van der Waals surface area contributed by atoms with Crippen LogP contribution in [0.5, 0.6) is 23.0 Å². The Morgan fingerprint density at radius 1 is 0.492 bits per heavy atom. The minimum Gasteiger partial charge on any atom is -0.506 e. The number of amides is 10. The van der Waals surface area contributed by atoms with Gasteiger partial charge in [-0.25, -0.2) is 18.4 Å². The fourth-order valence-corrected chi connectivity index (χ4v) is 17.8. The quantitative estimate of drug-likeness (QED) is 0.0275. The van der Waals surface area contributed by atoms with Gasteiger partial charge < -0.3 is 109 Å². The lowest BCUT2D eigenvalue weighted by molar-refractivity contribution is -0.126. The molecule has 0 spiro atoms. The maximum atomic E-state index is 14.7. The summed E-state index contributed by atoms with van der Waals surface area (Å²) in [5.41, 5.74) is 2.60. The van der Waals surface area contributed by atoms with Gasteiger partial charge in [-0.1, -0.05) is 24.3 Å². The lowest BCUT2D eigenvalue weighted by atomic mass is 10.0. The van der Waals surface area contributed by atoms with Crippen molar-refractivity contribution in [2.45, 2.75) is 69.1 Å². The van der Waals surface area contributed by atoms with Crippen LogP contribution < -0.4 is 64.5 Å². The van der Waals surface area contributed by atoms with E-state index in [4.69, 9.17) is 10.5 Å². The molecule has 2 aromatic heterocycles. The average Bonchev–Trinajstić information content (AvgIpc) is 1.61. The molecule has 5 aliphatic rings. The number of nitrogens with zero attached hydrogens (tertiary/aromatic N) is 7. The molecule has 5 aliphatic heterocycles. The molecule has 1 saturated heterocycles. The summed E-state index contributed by atoms with van der Waals surface area (Å²) in [6.07, 6.45) is -7.21. The van der Waals surface area contributed by atoms with Gasteiger partial charge in [0.05, 0.1) is 63.6 Å². The number of H-pyrrole nitrogens is 1. The van der Waals surface area contributed by atoms with Crippen LogP contribution in [0.3, 0.4) is 0 Å². The van der Waals surface area contributed by atoms with E-state index in [2.05, 4.69) is 81.3 Å². The number of benzene rings is 4. The van der Waals surface area contributed by atoms with Crippen molar-refractivity contribution in [3.63, 3.8) is 0 Å². The highest BCUT2D eigenvalue weighted by atomic mass is 31.3. The molecule has 10 unspecified atom stereocenters. The Labute approximate surface area is 695 Å². The Morgan fingerprint density at radius 3 is 1.26 bits per heavy atom. The first-order chi connectivity index (χ1) is 58.1. The number of aromatic nitrogens is 4. The molecule has 7 heterocycles. The molecule has 11 rings (SSSR count). The third-order valence-corrected chi connectivity index (χ3v) is 25.0. The van der Waals surface area contributed by atoms with Crippen molar-refractivity contribution in [3.8, 4) is 23.0 Å². The number of para-hydroxylation sites is 4. The van der Waals surface area contributed by atoms with E-state index in [1.807, 2.05) is 19.6 Å². The summed E-state index contributed by atoms with van der Waals surface area (Å²) < 4.78 is 58.1. The number of ether oxygens (including phenoxy) is 1. The smallest absolute Gasteiger partial charge is 0.488 e. The van der Waals surface area contributed by atoms with Crippen molar-refractivity contribution in [2.24, 2.45) is 0 Å². The number of aliphatic hydroxyl groups excluding tert-OH is 2. The number of fused-ring (bicyclic) bond motifs is 17. The molecule has 46 nitrogen and oxygen atoms in total. The Bertz CT molecular complexity index is 4950. The van der Waals surface area contributed by atoms with Gasteiger partial charge in [-0.15, -0.1) is 0 Å². The van der Waals surface area contributed by atoms with E-state index in [1.165, 1.54) is 72.8 Å². The lowest BCUT2D eigenvalue weighted by Gasteiger charge is -2.31. The fourth-order valence-electron chi connectivity index (χ4n) is 13.7. The van der Waals surface area contributed by atoms with Crippen molar-refractivity contribution >= 4 is 99.4 Å². The molecule has 10 amide bonds. The van der Waals surface area contributed by atoms with Crippen LogP contribution in [-0.4, -0.2) is 318 Å². The van der Waals surface area contributed by atoms with Crippen LogP contribution in [0.2, 0.25) is 0 Å². The molecule has 4 aromatic carbocycles. The Balaban J connectivity index is 0.815. The minimum atomic E-state index is -5.92. The number of rotatable bonds is 20. The summed E-state index contributed by atoms with van der Waals surface area (Å²) in [5.74, 6) is -10.1. The van der Waals surface area contributed by atoms with Crippen molar-refractivity contribution in [1.29, 1.82) is 0 Å². The number of phenolic OH excluding ortho intramolecular Hbond substituents is 4. The molecule has 0 radical (unpaired) electrons. The number of aromatic amines is 1. The number of hydrogen-bond acceptors (Lipinski definition) is 31. The number of nitrogens with one attached hydrogen (secondary N) is 11. The standard InChI is InChI=1S/C73H98N19O27P3/c74-73-86-62-55(71(109)87-73)84-42-92(62)72-61(100)60(99)52(117-72)41-116-121(112,113)119-122(114,115)118-120(110,111)39-7-20-76-54(94)18-17-53(93)75-19-2-1-8-43-40-91-34-27-83-68(106)49-14-5-13-48(58(49)97)65(103)79-23-30-89(31-24-82-69(107)50-15-6-16-51(59(50)98)70(108)85-43)36-35-88-28-21-77-63(101)44-9-3-11-46(56(44)95)66(104)80-25-32-90(37-38-91)33-26-81-67(105)47-12-4-10-45(57(47)96)64(102)78-22-29-88/h3-6,9-16,42-43,52,60-61,72,95-100H,1-2,7-8,17-41H2,(H,75,93)(H,76,94)(H,77,101)(H,78,102)(H,79,103)(H,80,104)(H,81,105)(H,82,107)(H,83,106)(H,85,108)(H,110,111)(H,112,113)(H,114,115)(H3,74,86,87,109). The monoisotopic (exact) mass is 1770 g/mol. The summed E-state index contributed by atoms with van der Waals surface area (Å²) in [7, 11) is -16.8. The second-order valence-corrected chi connectivity index (χ2v) is 33.9. The van der Waals surface area contributed by atoms with Crippen LogP contribution in [0.25, 0.3) is 11.2 Å². The van der Waals surface area contributed by atoms with Crippen molar-refractivity contribution < 1.29 is 125 Å². The van der Waals surface area contributed by atoms with Crippen molar-refractivity contribution in [2.75, 3.05) is 156 Å². The molecule has 0 aliphatic carbocycles. The van der Waals surface area contributed by atoms with Crippen LogP contribution in [0.4, 0.5) is 5.95 Å². The zero-order chi connectivity index (χ0) is 88.0. The van der Waals surface area contributed by atoms with Gasteiger partial charge in [0.1, 0.15) is 41.3 Å². The number of carbonyl (C=O) groups is 10. The Hall–Kier alpha value is -10.9. The normalized spacial score (nSPS) is 23.4. The number of nitrogens with two attached hydrogens (primary N) is 1. The zero-order valence-electron chi connectivity index (χ0n) is 65.8. The van der Waals surface area contributed by atoms with E-state index in [9.17, 15) is 112 Å². The van der Waals surface area contributed by atoms with Crippen molar-refractivity contribution in [1.82, 2.24) is 92.3 Å². The number of carbonyl (C=O) groups excluding carboxylic acids is 10. The molecule has 1 fully saturated rings. The number of anilines is 1. The number of phenols is 4. The van der Waals surface area contributed by atoms with E-state index in [-0.39, 0.29) is 225 Å². The third kappa shape index (κ3) is 26.1. The van der Waals surface area contributed by atoms with Gasteiger partial charge in [0.2, 0.25) is 17.8 Å². The SMILES string of the molecule is Nc1nc2c(ncn2C2OC(COP(=O)(O)OP(=O)(O)OP(=O)(O)CCCNC(=O)CCC(=O)NCCCCC3CN4CCNC(=O)c5cccc(c5O)C(=O)NCCN(CCNC(=O)c5cccc(c5O)C(=O)N3)CCN3CCNC(=O)c5cccc(c5O)C(=O)NCCN(CCNC(=O)c5cccc(c5O)C(=O)NCC3)CC4)C(O)C2O)c(=O)[nH]1. The maximum Gasteiger partial charge on any atom is 0.488 e. The van der Waals surface area contributed by atoms with Gasteiger partial charge in [0, 0.05) is 156 Å². The highest BCUT2D eigenvalue weighted by Gasteiger charge is 2.47. The molecule has 662 valence electrons. The molecule has 6 aromatic rings. The summed E-state index contributed by atoms with van der Waals surface area (Å²) in [4.78, 5) is 199. The number of unbranched alkanes of at least 4 members (excludes halogenated alkanes) is 1. The van der Waals surface area contributed by atoms with Crippen LogP contribution >= 0.6 is 23.2 Å². The van der Waals surface area contributed by atoms with Crippen molar-refractivity contribution in [3.05, 3.63) is 134 Å². The van der Waals surface area contributed by atoms with E-state index >= 15 is 0 Å². The van der Waals surface area contributed by atoms with Crippen LogP contribution in [-0.2, 0) is 41.2 Å². The van der Waals surface area contributed by atoms with Crippen LogP contribution in [0.15, 0.2) is 83.9 Å². The van der Waals surface area contributed by atoms with Gasteiger partial charge in [-0.3, -0.25) is 91.0 Å². The Kier molecular flexibility index (Phi) is 33.1. The average molecular weight is 1770 g/mol. The largest absolute Gasteiger partial charge is 0.506 e. The summed E-state index contributed by atoms with van der Waals surface area (Å²) in [5, 5.41) is 95.3. The lowest BCUT2D eigenvalue weighted by Crippen LogP contribution is -2.49. The van der Waals surface area contributed by atoms with Gasteiger partial charge in [0.15, 0.2) is 17.4 Å². The predicted octanol–water partition coefficient (Wildman–Crippen LogP) is -2.59. The summed E-state index contributed by atoms with van der Waals surface area (Å²) in [6, 6.07) is 15.5. The number of phosphoric acid groups is 2. The fraction of sp³-hybridized carbons (Fsp3) is 0.466. The minimum absolute atomic E-state index is 0.00308. The van der Waals surface area contributed by atoms with E-state index in [0.29, 0.717) is 0 Å². The number of nitrogen functional groups attached to an aromatic ring is 1. The Morgan fingerprint density at radius 2 is 0.861 bits per heavy atom. The van der Waals surface area contributed by atoms with Gasteiger partial charge >= 0.3 is 23.2 Å². The molecule has 49 heteroatoms. The van der Waals surface area contributed by atoms with Crippen LogP contribution in [0, 0.1) is 0 Å². The number of aliphatic hydroxyl groups is 2. The second kappa shape index (κ2) is 43.2. The van der Waals surface area contributed by atoms with Gasteiger partial charge in [-0.05, 0) is 74.2 Å². The first-order valence-corrected chi connectivity index (χ1v) is 43.7. The molecule has 10 atom stereocenters. The van der Waals surface area contributed by atoms with E-state index < -0.39 is 167 Å². The van der Waals surface area contributed by atoms with E-state index in [0.717, 1.165) is 10.9 Å². The van der Waals surface area contributed by atoms with Crippen LogP contribution in [0.1, 0.15) is 128 Å². The molecular weight excluding hydrogens is 1670 g/mol. The molecule has 12 bridgehead atoms. The number of phosphoric ester groups is 1. The third-order valence-electron chi connectivity index (χ3n) is 20.1. The summed E-state index contributed by atoms with van der Waals surface area (Å²) >= 11 is 0. The number of aromatic hydroxyl groups is 4. The topological polar surface area (TPSA) is 664 Å². The highest BCUT2D eigenvalue weighted by molar-refractivity contribution is 7.68. The van der Waals surface area contributed by atoms with E-state index in [1.54, 1.807) is 0 Å². The zero-order valence-corrected chi connectivity index (χ0v) is 68.5. The molecule has 22 N–H and O–H groups in total. The van der Waals surface area contributed by atoms with Gasteiger partial charge in [-0.2, -0.15) is 9.29 Å².